The second-order valence-electron chi connectivity index (χ2n) is 2.41. The molecule has 0 aliphatic carbocycles. The Morgan fingerprint density at radius 1 is 1.64 bits per heavy atom. The molecule has 1 N–H and O–H groups in total. The van der Waals surface area contributed by atoms with Crippen molar-refractivity contribution in [1.82, 2.24) is 5.32 Å². The van der Waals surface area contributed by atoms with Crippen LogP contribution in [0, 0.1) is 12.3 Å². The smallest absolute Gasteiger partial charge is 0.104 e. The van der Waals surface area contributed by atoms with E-state index in [0.29, 0.717) is 12.6 Å². The highest BCUT2D eigenvalue weighted by Crippen LogP contribution is 2.03. The zero-order valence-corrected chi connectivity index (χ0v) is 6.51. The van der Waals surface area contributed by atoms with Gasteiger partial charge in [0.25, 0.3) is 0 Å². The molecule has 1 aliphatic heterocycles. The molecule has 1 fully saturated rings. The monoisotopic (exact) mass is 155 g/mol. The van der Waals surface area contributed by atoms with E-state index in [1.165, 1.54) is 0 Å². The SMILES string of the molecule is C#CCNCCOC1COC1. The maximum absolute atomic E-state index is 5.37. The van der Waals surface area contributed by atoms with Crippen molar-refractivity contribution in [2.45, 2.75) is 6.10 Å². The van der Waals surface area contributed by atoms with Crippen molar-refractivity contribution >= 4 is 0 Å². The number of hydrogen-bond donors (Lipinski definition) is 1. The van der Waals surface area contributed by atoms with E-state index in [9.17, 15) is 0 Å². The van der Waals surface area contributed by atoms with Gasteiger partial charge < -0.3 is 14.8 Å². The van der Waals surface area contributed by atoms with Gasteiger partial charge in [-0.25, -0.2) is 0 Å². The highest BCUT2D eigenvalue weighted by molar-refractivity contribution is 4.86. The fraction of sp³-hybridized carbons (Fsp3) is 0.750. The third-order valence-corrected chi connectivity index (χ3v) is 1.47. The molecule has 3 heteroatoms. The first kappa shape index (κ1) is 8.54. The molecule has 0 aromatic carbocycles. The fourth-order valence-corrected chi connectivity index (χ4v) is 0.769. The van der Waals surface area contributed by atoms with E-state index in [4.69, 9.17) is 15.9 Å². The number of ether oxygens (including phenoxy) is 2. The third-order valence-electron chi connectivity index (χ3n) is 1.47. The minimum absolute atomic E-state index is 0.322. The minimum Gasteiger partial charge on any atom is -0.376 e. The van der Waals surface area contributed by atoms with E-state index in [1.807, 2.05) is 0 Å². The Morgan fingerprint density at radius 2 is 2.45 bits per heavy atom. The second-order valence-corrected chi connectivity index (χ2v) is 2.41. The molecule has 11 heavy (non-hydrogen) atoms. The number of rotatable bonds is 5. The van der Waals surface area contributed by atoms with Gasteiger partial charge in [-0.1, -0.05) is 5.92 Å². The lowest BCUT2D eigenvalue weighted by Gasteiger charge is -2.25. The highest BCUT2D eigenvalue weighted by atomic mass is 16.6. The largest absolute Gasteiger partial charge is 0.376 e. The maximum Gasteiger partial charge on any atom is 0.104 e. The van der Waals surface area contributed by atoms with Crippen molar-refractivity contribution in [3.05, 3.63) is 0 Å². The van der Waals surface area contributed by atoms with Crippen LogP contribution >= 0.6 is 0 Å². The molecule has 0 atom stereocenters. The van der Waals surface area contributed by atoms with Crippen LogP contribution < -0.4 is 5.32 Å². The lowest BCUT2D eigenvalue weighted by atomic mass is 10.3. The van der Waals surface area contributed by atoms with Gasteiger partial charge in [0, 0.05) is 6.54 Å². The van der Waals surface area contributed by atoms with Gasteiger partial charge in [0.1, 0.15) is 6.10 Å². The zero-order chi connectivity index (χ0) is 7.94. The average molecular weight is 155 g/mol. The summed E-state index contributed by atoms with van der Waals surface area (Å²) in [4.78, 5) is 0. The summed E-state index contributed by atoms with van der Waals surface area (Å²) in [5.41, 5.74) is 0. The van der Waals surface area contributed by atoms with Gasteiger partial charge >= 0.3 is 0 Å². The van der Waals surface area contributed by atoms with E-state index in [-0.39, 0.29) is 0 Å². The predicted molar refractivity (Wildman–Crippen MR) is 42.3 cm³/mol. The average Bonchev–Trinajstić information content (AvgIpc) is 1.93. The standard InChI is InChI=1S/C8H13NO2/c1-2-3-9-4-5-11-8-6-10-7-8/h1,8-9H,3-7H2. The highest BCUT2D eigenvalue weighted by Gasteiger charge is 2.17. The lowest BCUT2D eigenvalue weighted by molar-refractivity contribution is -0.128. The van der Waals surface area contributed by atoms with Crippen molar-refractivity contribution in [2.24, 2.45) is 0 Å². The summed E-state index contributed by atoms with van der Waals surface area (Å²) in [6, 6.07) is 0. The lowest BCUT2D eigenvalue weighted by Crippen LogP contribution is -2.37. The van der Waals surface area contributed by atoms with E-state index < -0.39 is 0 Å². The summed E-state index contributed by atoms with van der Waals surface area (Å²) < 4.78 is 10.3. The van der Waals surface area contributed by atoms with E-state index >= 15 is 0 Å². The Hall–Kier alpha value is -0.560. The molecule has 0 unspecified atom stereocenters. The summed E-state index contributed by atoms with van der Waals surface area (Å²) in [5.74, 6) is 2.49. The molecule has 0 saturated carbocycles. The topological polar surface area (TPSA) is 30.5 Å². The van der Waals surface area contributed by atoms with Gasteiger partial charge in [0.2, 0.25) is 0 Å². The molecule has 0 aromatic heterocycles. The molecule has 1 saturated heterocycles. The van der Waals surface area contributed by atoms with Gasteiger partial charge in [-0.3, -0.25) is 0 Å². The Balaban J connectivity index is 1.77. The molecule has 1 heterocycles. The van der Waals surface area contributed by atoms with Crippen LogP contribution in [0.1, 0.15) is 0 Å². The van der Waals surface area contributed by atoms with Crippen LogP contribution in [-0.4, -0.2) is 39.0 Å². The van der Waals surface area contributed by atoms with Gasteiger partial charge in [0.15, 0.2) is 0 Å². The molecule has 0 aromatic rings. The van der Waals surface area contributed by atoms with Crippen molar-refractivity contribution in [3.63, 3.8) is 0 Å². The Bertz CT molecular complexity index is 138. The molecule has 0 amide bonds. The molecule has 0 spiro atoms. The van der Waals surface area contributed by atoms with Crippen molar-refractivity contribution < 1.29 is 9.47 Å². The van der Waals surface area contributed by atoms with Crippen LogP contribution in [0.2, 0.25) is 0 Å². The number of terminal acetylenes is 1. The van der Waals surface area contributed by atoms with Crippen molar-refractivity contribution in [3.8, 4) is 12.3 Å². The van der Waals surface area contributed by atoms with Crippen LogP contribution in [0.5, 0.6) is 0 Å². The summed E-state index contributed by atoms with van der Waals surface area (Å²) in [5, 5.41) is 3.04. The Kier molecular flexibility index (Phi) is 3.99. The molecule has 1 rings (SSSR count). The molecule has 1 aliphatic rings. The molecular weight excluding hydrogens is 142 g/mol. The Morgan fingerprint density at radius 3 is 3.00 bits per heavy atom. The summed E-state index contributed by atoms with van der Waals surface area (Å²) >= 11 is 0. The van der Waals surface area contributed by atoms with Crippen LogP contribution in [0.4, 0.5) is 0 Å². The van der Waals surface area contributed by atoms with Crippen LogP contribution in [-0.2, 0) is 9.47 Å². The molecule has 3 nitrogen and oxygen atoms in total. The van der Waals surface area contributed by atoms with Gasteiger partial charge in [-0.05, 0) is 0 Å². The Labute approximate surface area is 67.1 Å². The molecule has 0 bridgehead atoms. The number of nitrogens with one attached hydrogen (secondary N) is 1. The van der Waals surface area contributed by atoms with Crippen molar-refractivity contribution in [2.75, 3.05) is 32.9 Å². The maximum atomic E-state index is 5.37. The van der Waals surface area contributed by atoms with Crippen molar-refractivity contribution in [1.29, 1.82) is 0 Å². The van der Waals surface area contributed by atoms with Gasteiger partial charge in [-0.15, -0.1) is 6.42 Å². The van der Waals surface area contributed by atoms with Crippen LogP contribution in [0.25, 0.3) is 0 Å². The third kappa shape index (κ3) is 3.38. The quantitative estimate of drug-likeness (QED) is 0.434. The van der Waals surface area contributed by atoms with E-state index in [2.05, 4.69) is 11.2 Å². The second kappa shape index (κ2) is 5.14. The van der Waals surface area contributed by atoms with Crippen LogP contribution in [0.15, 0.2) is 0 Å². The normalized spacial score (nSPS) is 17.4. The first-order valence-corrected chi connectivity index (χ1v) is 3.77. The first-order valence-electron chi connectivity index (χ1n) is 3.77. The first-order chi connectivity index (χ1) is 5.43. The molecular formula is C8H13NO2. The summed E-state index contributed by atoms with van der Waals surface area (Å²) in [6.07, 6.45) is 5.36. The van der Waals surface area contributed by atoms with E-state index in [0.717, 1.165) is 26.4 Å². The summed E-state index contributed by atoms with van der Waals surface area (Å²) in [6.45, 7) is 3.64. The van der Waals surface area contributed by atoms with Gasteiger partial charge in [-0.2, -0.15) is 0 Å². The van der Waals surface area contributed by atoms with Crippen LogP contribution in [0.3, 0.4) is 0 Å². The zero-order valence-electron chi connectivity index (χ0n) is 6.51. The van der Waals surface area contributed by atoms with Gasteiger partial charge in [0.05, 0.1) is 26.4 Å². The predicted octanol–water partition coefficient (Wildman–Crippen LogP) is -0.375. The molecule has 0 radical (unpaired) electrons. The fourth-order valence-electron chi connectivity index (χ4n) is 0.769. The van der Waals surface area contributed by atoms with E-state index in [1.54, 1.807) is 0 Å². The summed E-state index contributed by atoms with van der Waals surface area (Å²) in [7, 11) is 0. The number of hydrogen-bond acceptors (Lipinski definition) is 3. The minimum atomic E-state index is 0.322. The molecule has 62 valence electrons.